The molecule has 9 nitrogen and oxygen atoms in total. The van der Waals surface area contributed by atoms with E-state index < -0.39 is 47.5 Å². The van der Waals surface area contributed by atoms with Crippen molar-refractivity contribution in [1.29, 1.82) is 0 Å². The van der Waals surface area contributed by atoms with Gasteiger partial charge in [-0.25, -0.2) is 0 Å². The van der Waals surface area contributed by atoms with Gasteiger partial charge in [-0.15, -0.1) is 0 Å². The second-order valence-corrected chi connectivity index (χ2v) is 15.1. The largest absolute Gasteiger partial charge is 0.491 e. The molecule has 48 heavy (non-hydrogen) atoms. The van der Waals surface area contributed by atoms with Crippen molar-refractivity contribution in [2.75, 3.05) is 18.9 Å². The minimum absolute atomic E-state index is 0.00860. The lowest BCUT2D eigenvalue weighted by Crippen LogP contribution is -2.63. The second kappa shape index (κ2) is 11.1. The van der Waals surface area contributed by atoms with Gasteiger partial charge in [0.25, 0.3) is 0 Å². The highest BCUT2D eigenvalue weighted by Gasteiger charge is 2.76. The number of nitrogens with two attached hydrogens (primary N) is 1. The van der Waals surface area contributed by atoms with Gasteiger partial charge in [-0.2, -0.15) is 0 Å². The third-order valence-electron chi connectivity index (χ3n) is 12.7. The molecule has 0 spiro atoms. The third-order valence-corrected chi connectivity index (χ3v) is 12.7. The molecule has 2 aromatic rings. The minimum atomic E-state index is -1.40. The molecule has 2 heterocycles. The number of anilines is 1. The van der Waals surface area contributed by atoms with Crippen LogP contribution in [0.1, 0.15) is 75.0 Å². The number of rotatable bonds is 6. The molecular weight excluding hydrogens is 610 g/mol. The number of Topliss-reactive ketones (excluding diaryl/α,β-unsaturated/α-hetero) is 1. The topological polar surface area (TPSA) is 134 Å². The molecule has 3 N–H and O–H groups in total. The van der Waals surface area contributed by atoms with Gasteiger partial charge in [0.15, 0.2) is 24.3 Å². The van der Waals surface area contributed by atoms with E-state index in [1.807, 2.05) is 24.3 Å². The lowest BCUT2D eigenvalue weighted by Gasteiger charge is -2.59. The molecule has 1 saturated heterocycles. The van der Waals surface area contributed by atoms with Gasteiger partial charge in [-0.05, 0) is 73.3 Å². The Hall–Kier alpha value is -3.79. The summed E-state index contributed by atoms with van der Waals surface area (Å²) in [5.41, 5.74) is 9.51. The number of hydrogen-bond acceptors (Lipinski definition) is 9. The first kappa shape index (κ1) is 31.5. The predicted octanol–water partition coefficient (Wildman–Crippen LogP) is 4.97. The number of aliphatic hydroxyl groups excluding tert-OH is 1. The van der Waals surface area contributed by atoms with Gasteiger partial charge in [0.1, 0.15) is 5.75 Å². The van der Waals surface area contributed by atoms with Crippen LogP contribution in [0.5, 0.6) is 5.75 Å². The molecule has 3 saturated carbocycles. The Morgan fingerprint density at radius 1 is 1.10 bits per heavy atom. The van der Waals surface area contributed by atoms with Crippen LogP contribution in [0, 0.1) is 28.6 Å². The smallest absolute Gasteiger partial charge is 0.303 e. The fraction of sp³-hybridized carbons (Fsp3) is 0.513. The number of aliphatic hydroxyl groups is 1. The number of allylic oxidation sites excluding steroid dienone is 4. The van der Waals surface area contributed by atoms with Gasteiger partial charge < -0.3 is 29.8 Å². The van der Waals surface area contributed by atoms with Crippen molar-refractivity contribution in [3.63, 3.8) is 0 Å². The van der Waals surface area contributed by atoms with Gasteiger partial charge in [-0.3, -0.25) is 14.4 Å². The Morgan fingerprint density at radius 2 is 1.90 bits per heavy atom. The van der Waals surface area contributed by atoms with Crippen LogP contribution in [0.3, 0.4) is 0 Å². The second-order valence-electron chi connectivity index (χ2n) is 15.1. The van der Waals surface area contributed by atoms with E-state index in [2.05, 4.69) is 32.0 Å². The van der Waals surface area contributed by atoms with Gasteiger partial charge in [0.2, 0.25) is 5.78 Å². The van der Waals surface area contributed by atoms with Crippen LogP contribution in [0.2, 0.25) is 0 Å². The lowest BCUT2D eigenvalue weighted by molar-refractivity contribution is -0.202. The number of ketones is 2. The molecule has 2 aromatic carbocycles. The summed E-state index contributed by atoms with van der Waals surface area (Å²) in [5, 5.41) is 12.0. The molecule has 0 radical (unpaired) electrons. The Kier molecular flexibility index (Phi) is 7.29. The molecule has 0 unspecified atom stereocenters. The number of fused-ring (bicyclic) bond motifs is 8. The number of carbonyl (C=O) groups is 3. The van der Waals surface area contributed by atoms with Crippen molar-refractivity contribution in [2.24, 2.45) is 28.6 Å². The minimum Gasteiger partial charge on any atom is -0.491 e. The van der Waals surface area contributed by atoms with Crippen LogP contribution in [-0.2, 0) is 41.4 Å². The molecule has 4 aliphatic carbocycles. The molecule has 6 aliphatic rings. The highest BCUT2D eigenvalue weighted by Crippen LogP contribution is 2.70. The molecule has 0 aromatic heterocycles. The zero-order valence-electron chi connectivity index (χ0n) is 27.7. The Morgan fingerprint density at radius 3 is 2.67 bits per heavy atom. The van der Waals surface area contributed by atoms with Crippen LogP contribution in [-0.4, -0.2) is 53.7 Å². The predicted molar refractivity (Wildman–Crippen MR) is 176 cm³/mol. The molecular formula is C39H43NO8. The van der Waals surface area contributed by atoms with Gasteiger partial charge in [-0.1, -0.05) is 55.8 Å². The average molecular weight is 654 g/mol. The number of ether oxygens (including phenoxy) is 4. The number of hydrogen-bond donors (Lipinski definition) is 2. The lowest BCUT2D eigenvalue weighted by atomic mass is 9.46. The van der Waals surface area contributed by atoms with Crippen molar-refractivity contribution in [3.8, 4) is 5.75 Å². The van der Waals surface area contributed by atoms with Crippen molar-refractivity contribution in [2.45, 2.75) is 83.4 Å². The highest BCUT2D eigenvalue weighted by molar-refractivity contribution is 6.01. The number of carbonyl (C=O) groups excluding carboxylic acids is 3. The van der Waals surface area contributed by atoms with Crippen molar-refractivity contribution >= 4 is 23.2 Å². The van der Waals surface area contributed by atoms with Crippen molar-refractivity contribution < 1.29 is 38.4 Å². The monoisotopic (exact) mass is 653 g/mol. The first-order valence-corrected chi connectivity index (χ1v) is 17.2. The molecule has 4 fully saturated rings. The van der Waals surface area contributed by atoms with Crippen LogP contribution < -0.4 is 10.5 Å². The molecule has 0 bridgehead atoms. The Labute approximate surface area is 280 Å². The quantitative estimate of drug-likeness (QED) is 0.328. The van der Waals surface area contributed by atoms with Crippen LogP contribution in [0.15, 0.2) is 60.2 Å². The van der Waals surface area contributed by atoms with Crippen molar-refractivity contribution in [1.82, 2.24) is 0 Å². The summed E-state index contributed by atoms with van der Waals surface area (Å²) in [5.74, 6) is -0.0711. The fourth-order valence-electron chi connectivity index (χ4n) is 10.6. The maximum atomic E-state index is 14.3. The van der Waals surface area contributed by atoms with E-state index in [1.165, 1.54) is 12.5 Å². The maximum Gasteiger partial charge on any atom is 0.303 e. The average Bonchev–Trinajstić information content (AvgIpc) is 3.76. The van der Waals surface area contributed by atoms with Crippen LogP contribution in [0.25, 0.3) is 0 Å². The summed E-state index contributed by atoms with van der Waals surface area (Å²) in [6, 6.07) is 12.0. The summed E-state index contributed by atoms with van der Waals surface area (Å²) < 4.78 is 24.6. The zero-order chi connectivity index (χ0) is 33.6. The maximum absolute atomic E-state index is 14.3. The summed E-state index contributed by atoms with van der Waals surface area (Å²) in [4.78, 5) is 38.4. The first-order chi connectivity index (χ1) is 22.9. The standard InChI is InChI=1S/C39H43NO8/c1-21(41)46-20-32(44)39-33(18-29-28-10-9-25-17-26(42)12-14-37(25,2)34(28)31(43)19-38(29,39)3)47-36(48-39)23-6-4-22(5-7-23)16-24-8-11-30(40)35-27(24)13-15-45-35/h4-8,11-12,14,17,28-29,31,33-34,36,43H,9-10,13,15-16,18-20,40H2,1-3H3/t28-,29-,31-,33+,34+,36+,37-,38-,39+/m0/s1. The van der Waals surface area contributed by atoms with E-state index >= 15 is 0 Å². The van der Waals surface area contributed by atoms with Crippen molar-refractivity contribution in [3.05, 3.63) is 82.5 Å². The molecule has 9 heteroatoms. The molecule has 8 rings (SSSR count). The molecule has 9 atom stereocenters. The molecule has 2 aliphatic heterocycles. The van der Waals surface area contributed by atoms with Crippen LogP contribution in [0.4, 0.5) is 5.69 Å². The molecule has 252 valence electrons. The zero-order valence-corrected chi connectivity index (χ0v) is 27.7. The van der Waals surface area contributed by atoms with Gasteiger partial charge >= 0.3 is 5.97 Å². The van der Waals surface area contributed by atoms with Crippen LogP contribution >= 0.6 is 0 Å². The normalized spacial score (nSPS) is 37.4. The van der Waals surface area contributed by atoms with Gasteiger partial charge in [0.05, 0.1) is 24.5 Å². The number of nitrogen functional groups attached to an aromatic ring is 1. The van der Waals surface area contributed by atoms with E-state index in [1.54, 1.807) is 12.2 Å². The third kappa shape index (κ3) is 4.50. The summed E-state index contributed by atoms with van der Waals surface area (Å²) in [6.45, 7) is 5.69. The summed E-state index contributed by atoms with van der Waals surface area (Å²) in [7, 11) is 0. The number of esters is 1. The Bertz CT molecular complexity index is 1760. The van der Waals surface area contributed by atoms with E-state index in [0.29, 0.717) is 25.1 Å². The van der Waals surface area contributed by atoms with E-state index in [-0.39, 0.29) is 29.3 Å². The van der Waals surface area contributed by atoms with E-state index in [0.717, 1.165) is 53.7 Å². The summed E-state index contributed by atoms with van der Waals surface area (Å²) >= 11 is 0. The number of benzene rings is 2. The van der Waals surface area contributed by atoms with E-state index in [9.17, 15) is 19.5 Å². The van der Waals surface area contributed by atoms with E-state index in [4.69, 9.17) is 24.7 Å². The van der Waals surface area contributed by atoms with Gasteiger partial charge in [0, 0.05) is 41.2 Å². The Balaban J connectivity index is 1.09. The highest BCUT2D eigenvalue weighted by atomic mass is 16.7. The summed E-state index contributed by atoms with van der Waals surface area (Å²) in [6.07, 6.45) is 7.29. The SMILES string of the molecule is CC(=O)OCC(=O)[C@@]12O[C@H](c3ccc(Cc4ccc(N)c5c4CCO5)cc3)O[C@@H]1C[C@H]1[C@@H]3CCC4=CC(=O)C=C[C@]4(C)[C@H]3[C@@H](O)C[C@@]12C. The first-order valence-electron chi connectivity index (χ1n) is 17.2. The fourth-order valence-corrected chi connectivity index (χ4v) is 10.6. The molecule has 0 amide bonds.